The molecular formula is C20H28N4O3. The monoisotopic (exact) mass is 372 g/mol. The van der Waals surface area contributed by atoms with E-state index in [2.05, 4.69) is 16.8 Å². The Morgan fingerprint density at radius 1 is 1.37 bits per heavy atom. The second-order valence-electron chi connectivity index (χ2n) is 7.06. The van der Waals surface area contributed by atoms with Crippen LogP contribution in [0.25, 0.3) is 0 Å². The topological polar surface area (TPSA) is 65.1 Å². The highest BCUT2D eigenvalue weighted by Gasteiger charge is 2.29. The van der Waals surface area contributed by atoms with Crippen LogP contribution in [-0.2, 0) is 4.79 Å². The highest BCUT2D eigenvalue weighted by atomic mass is 16.5. The van der Waals surface area contributed by atoms with Gasteiger partial charge in [-0.25, -0.2) is 4.79 Å². The lowest BCUT2D eigenvalue weighted by Gasteiger charge is -2.34. The average Bonchev–Trinajstić information content (AvgIpc) is 3.14. The fourth-order valence-corrected chi connectivity index (χ4v) is 3.67. The molecule has 1 atom stereocenters. The van der Waals surface area contributed by atoms with Gasteiger partial charge in [-0.15, -0.1) is 6.58 Å². The molecule has 1 aromatic carbocycles. The van der Waals surface area contributed by atoms with Crippen molar-refractivity contribution in [2.45, 2.75) is 6.42 Å². The van der Waals surface area contributed by atoms with Crippen LogP contribution in [0.2, 0.25) is 0 Å². The van der Waals surface area contributed by atoms with Crippen LogP contribution in [0.15, 0.2) is 36.9 Å². The van der Waals surface area contributed by atoms with E-state index in [1.165, 1.54) is 0 Å². The summed E-state index contributed by atoms with van der Waals surface area (Å²) in [6, 6.07) is 7.26. The fraction of sp³-hybridized carbons (Fsp3) is 0.500. The lowest BCUT2D eigenvalue weighted by Crippen LogP contribution is -2.55. The molecule has 2 heterocycles. The molecule has 2 aliphatic rings. The third-order valence-corrected chi connectivity index (χ3v) is 5.17. The molecular weight excluding hydrogens is 344 g/mol. The van der Waals surface area contributed by atoms with Gasteiger partial charge in [0.05, 0.1) is 7.11 Å². The molecule has 7 nitrogen and oxygen atoms in total. The summed E-state index contributed by atoms with van der Waals surface area (Å²) < 4.78 is 5.22. The molecule has 2 aliphatic heterocycles. The number of nitrogens with zero attached hydrogens (tertiary/aromatic N) is 3. The Morgan fingerprint density at radius 3 is 2.96 bits per heavy atom. The van der Waals surface area contributed by atoms with Gasteiger partial charge in [-0.3, -0.25) is 9.69 Å². The Balaban J connectivity index is 1.48. The van der Waals surface area contributed by atoms with Crippen molar-refractivity contribution in [2.24, 2.45) is 5.92 Å². The van der Waals surface area contributed by atoms with E-state index in [0.29, 0.717) is 31.3 Å². The van der Waals surface area contributed by atoms with Gasteiger partial charge in [-0.2, -0.15) is 0 Å². The summed E-state index contributed by atoms with van der Waals surface area (Å²) in [7, 11) is 1.60. The molecule has 2 saturated heterocycles. The molecule has 27 heavy (non-hydrogen) atoms. The fourth-order valence-electron chi connectivity index (χ4n) is 3.67. The predicted molar refractivity (Wildman–Crippen MR) is 105 cm³/mol. The van der Waals surface area contributed by atoms with E-state index >= 15 is 0 Å². The maximum absolute atomic E-state index is 12.5. The zero-order chi connectivity index (χ0) is 19.2. The minimum Gasteiger partial charge on any atom is -0.497 e. The van der Waals surface area contributed by atoms with Crippen molar-refractivity contribution in [1.82, 2.24) is 15.1 Å². The summed E-state index contributed by atoms with van der Waals surface area (Å²) in [6.07, 6.45) is 2.99. The number of nitrogens with one attached hydrogen (secondary N) is 1. The molecule has 2 fully saturated rings. The number of likely N-dealkylation sites (tertiary alicyclic amines) is 1. The third kappa shape index (κ3) is 4.80. The van der Waals surface area contributed by atoms with Crippen LogP contribution in [0.1, 0.15) is 6.42 Å². The summed E-state index contributed by atoms with van der Waals surface area (Å²) in [5, 5.41) is 2.99. The molecule has 146 valence electrons. The van der Waals surface area contributed by atoms with Gasteiger partial charge >= 0.3 is 6.03 Å². The molecule has 1 aromatic rings. The number of hydrogen-bond donors (Lipinski definition) is 1. The first-order chi connectivity index (χ1) is 13.1. The van der Waals surface area contributed by atoms with E-state index in [4.69, 9.17) is 4.74 Å². The minimum absolute atomic E-state index is 0.0809. The first-order valence-electron chi connectivity index (χ1n) is 9.41. The molecule has 0 radical (unpaired) electrons. The maximum Gasteiger partial charge on any atom is 0.317 e. The highest BCUT2D eigenvalue weighted by molar-refractivity contribution is 5.97. The number of amides is 3. The highest BCUT2D eigenvalue weighted by Crippen LogP contribution is 2.22. The largest absolute Gasteiger partial charge is 0.497 e. The van der Waals surface area contributed by atoms with Gasteiger partial charge in [0.2, 0.25) is 5.91 Å². The molecule has 0 bridgehead atoms. The summed E-state index contributed by atoms with van der Waals surface area (Å²) in [4.78, 5) is 30.6. The Kier molecular flexibility index (Phi) is 6.34. The smallest absolute Gasteiger partial charge is 0.317 e. The zero-order valence-corrected chi connectivity index (χ0v) is 15.9. The third-order valence-electron chi connectivity index (χ3n) is 5.17. The van der Waals surface area contributed by atoms with Gasteiger partial charge in [0.1, 0.15) is 12.3 Å². The predicted octanol–water partition coefficient (Wildman–Crippen LogP) is 1.56. The Morgan fingerprint density at radius 2 is 2.22 bits per heavy atom. The van der Waals surface area contributed by atoms with Crippen LogP contribution in [0, 0.1) is 5.92 Å². The van der Waals surface area contributed by atoms with Gasteiger partial charge in [0.15, 0.2) is 0 Å². The second-order valence-corrected chi connectivity index (χ2v) is 7.06. The lowest BCUT2D eigenvalue weighted by atomic mass is 10.1. The summed E-state index contributed by atoms with van der Waals surface area (Å²) in [5.41, 5.74) is 0.799. The van der Waals surface area contributed by atoms with Crippen molar-refractivity contribution in [1.29, 1.82) is 0 Å². The van der Waals surface area contributed by atoms with Crippen LogP contribution in [0.4, 0.5) is 10.5 Å². The number of hydrogen-bond acceptors (Lipinski definition) is 4. The van der Waals surface area contributed by atoms with E-state index in [9.17, 15) is 9.59 Å². The summed E-state index contributed by atoms with van der Waals surface area (Å²) in [5.74, 6) is 1.09. The lowest BCUT2D eigenvalue weighted by molar-refractivity contribution is -0.120. The molecule has 3 rings (SSSR count). The quantitative estimate of drug-likeness (QED) is 0.770. The van der Waals surface area contributed by atoms with Crippen LogP contribution >= 0.6 is 0 Å². The van der Waals surface area contributed by atoms with E-state index in [1.807, 2.05) is 30.3 Å². The number of piperazine rings is 1. The number of carbonyl (C=O) groups is 2. The number of rotatable bonds is 6. The Hall–Kier alpha value is -2.54. The molecule has 0 spiro atoms. The van der Waals surface area contributed by atoms with Crippen LogP contribution in [0.5, 0.6) is 5.75 Å². The molecule has 0 aliphatic carbocycles. The van der Waals surface area contributed by atoms with Crippen molar-refractivity contribution in [3.05, 3.63) is 36.9 Å². The molecule has 0 saturated carbocycles. The Labute approximate surface area is 160 Å². The van der Waals surface area contributed by atoms with Crippen molar-refractivity contribution in [3.8, 4) is 5.75 Å². The van der Waals surface area contributed by atoms with Gasteiger partial charge < -0.3 is 19.9 Å². The Bertz CT molecular complexity index is 694. The number of ether oxygens (including phenoxy) is 1. The minimum atomic E-state index is -0.157. The van der Waals surface area contributed by atoms with E-state index in [1.54, 1.807) is 16.9 Å². The number of methoxy groups -OCH3 is 1. The number of anilines is 1. The number of benzene rings is 1. The molecule has 0 unspecified atom stereocenters. The molecule has 3 amide bonds. The van der Waals surface area contributed by atoms with E-state index in [-0.39, 0.29) is 18.5 Å². The number of urea groups is 1. The summed E-state index contributed by atoms with van der Waals surface area (Å²) in [6.45, 7) is 8.43. The van der Waals surface area contributed by atoms with Crippen molar-refractivity contribution >= 4 is 17.6 Å². The zero-order valence-electron chi connectivity index (χ0n) is 15.9. The van der Waals surface area contributed by atoms with Gasteiger partial charge in [0, 0.05) is 44.5 Å². The summed E-state index contributed by atoms with van der Waals surface area (Å²) >= 11 is 0. The van der Waals surface area contributed by atoms with Crippen LogP contribution < -0.4 is 15.0 Å². The van der Waals surface area contributed by atoms with Crippen LogP contribution in [-0.4, -0.2) is 74.7 Å². The van der Waals surface area contributed by atoms with Crippen LogP contribution in [0.3, 0.4) is 0 Å². The molecule has 0 aromatic heterocycles. The first-order valence-corrected chi connectivity index (χ1v) is 9.41. The standard InChI is InChI=1S/C20H28N4O3/c1-3-8-22-9-7-16(14-22)13-21-20(26)23-10-11-24(19(25)15-23)17-5-4-6-18(12-17)27-2/h3-6,12,16H,1,7-11,13-15H2,2H3,(H,21,26)/t16-/m1/s1. The molecule has 1 N–H and O–H groups in total. The second kappa shape index (κ2) is 8.90. The van der Waals surface area contributed by atoms with E-state index in [0.717, 1.165) is 31.7 Å². The maximum atomic E-state index is 12.5. The number of carbonyl (C=O) groups excluding carboxylic acids is 2. The first kappa shape index (κ1) is 19.2. The van der Waals surface area contributed by atoms with Crippen molar-refractivity contribution in [2.75, 3.05) is 57.8 Å². The van der Waals surface area contributed by atoms with Gasteiger partial charge in [-0.1, -0.05) is 12.1 Å². The van der Waals surface area contributed by atoms with Gasteiger partial charge in [-0.05, 0) is 31.0 Å². The van der Waals surface area contributed by atoms with Gasteiger partial charge in [0.25, 0.3) is 0 Å². The molecule has 7 heteroatoms. The SMILES string of the molecule is C=CCN1CC[C@H](CNC(=O)N2CCN(c3cccc(OC)c3)C(=O)C2)C1. The van der Waals surface area contributed by atoms with Crippen molar-refractivity contribution in [3.63, 3.8) is 0 Å². The average molecular weight is 372 g/mol. The van der Waals surface area contributed by atoms with E-state index < -0.39 is 0 Å². The van der Waals surface area contributed by atoms with Crippen molar-refractivity contribution < 1.29 is 14.3 Å². The normalized spacial score (nSPS) is 20.6.